The number of carbonyl (C=O) groups excluding carboxylic acids is 4. The molecule has 0 aliphatic carbocycles. The van der Waals surface area contributed by atoms with Crippen LogP contribution in [0.2, 0.25) is 0 Å². The molecule has 2 aromatic rings. The molecule has 1 heterocycles. The van der Waals surface area contributed by atoms with Crippen molar-refractivity contribution in [1.29, 1.82) is 0 Å². The predicted molar refractivity (Wildman–Crippen MR) is 116 cm³/mol. The number of hydrogen-bond donors (Lipinski definition) is 1. The Kier molecular flexibility index (Phi) is 6.24. The molecule has 2 aromatic carbocycles. The van der Waals surface area contributed by atoms with Crippen molar-refractivity contribution in [2.75, 3.05) is 5.32 Å². The second-order valence-electron chi connectivity index (χ2n) is 7.85. The summed E-state index contributed by atoms with van der Waals surface area (Å²) in [6.45, 7) is 9.00. The molecule has 0 bridgehead atoms. The third-order valence-electron chi connectivity index (χ3n) is 5.48. The third kappa shape index (κ3) is 4.35. The van der Waals surface area contributed by atoms with Crippen molar-refractivity contribution in [2.45, 2.75) is 53.2 Å². The number of fused-ring (bicyclic) bond motifs is 1. The highest BCUT2D eigenvalue weighted by Crippen LogP contribution is 2.27. The third-order valence-corrected chi connectivity index (χ3v) is 5.48. The molecule has 162 valence electrons. The van der Waals surface area contributed by atoms with Gasteiger partial charge in [0.25, 0.3) is 17.7 Å². The molecule has 7 nitrogen and oxygen atoms in total. The fourth-order valence-corrected chi connectivity index (χ4v) is 3.44. The topological polar surface area (TPSA) is 92.8 Å². The summed E-state index contributed by atoms with van der Waals surface area (Å²) in [5.74, 6) is -2.00. The van der Waals surface area contributed by atoms with Gasteiger partial charge in [-0.15, -0.1) is 0 Å². The van der Waals surface area contributed by atoms with E-state index >= 15 is 0 Å². The fourth-order valence-electron chi connectivity index (χ4n) is 3.44. The van der Waals surface area contributed by atoms with Gasteiger partial charge in [0, 0.05) is 11.7 Å². The van der Waals surface area contributed by atoms with E-state index in [4.69, 9.17) is 4.74 Å². The molecule has 0 spiro atoms. The summed E-state index contributed by atoms with van der Waals surface area (Å²) in [5, 5.41) is 2.75. The van der Waals surface area contributed by atoms with Gasteiger partial charge in [-0.05, 0) is 63.9 Å². The number of amides is 3. The molecule has 3 rings (SSSR count). The summed E-state index contributed by atoms with van der Waals surface area (Å²) >= 11 is 0. The van der Waals surface area contributed by atoms with Crippen molar-refractivity contribution in [3.8, 4) is 0 Å². The number of nitrogens with zero attached hydrogens (tertiary/aromatic N) is 1. The Hall–Kier alpha value is -3.48. The number of nitrogens with one attached hydrogen (secondary N) is 1. The highest BCUT2D eigenvalue weighted by Gasteiger charge is 2.38. The van der Waals surface area contributed by atoms with Crippen molar-refractivity contribution in [1.82, 2.24) is 4.90 Å². The minimum absolute atomic E-state index is 0.108. The Morgan fingerprint density at radius 1 is 1.00 bits per heavy atom. The quantitative estimate of drug-likeness (QED) is 0.563. The molecule has 1 aliphatic heterocycles. The van der Waals surface area contributed by atoms with Crippen LogP contribution in [0.5, 0.6) is 0 Å². The smallest absolute Gasteiger partial charge is 0.338 e. The summed E-state index contributed by atoms with van der Waals surface area (Å²) in [6, 6.07) is 9.62. The molecule has 0 saturated heterocycles. The SMILES string of the molecule is CC[C@@H](C)N1C(=O)c2ccc(C(=O)O[C@H](C)C(=O)Nc3ccc(C)cc3C)cc2C1=O. The normalized spacial score (nSPS) is 14.8. The Balaban J connectivity index is 1.71. The summed E-state index contributed by atoms with van der Waals surface area (Å²) in [5.41, 5.74) is 3.17. The van der Waals surface area contributed by atoms with Gasteiger partial charge in [0.1, 0.15) is 0 Å². The summed E-state index contributed by atoms with van der Waals surface area (Å²) in [4.78, 5) is 51.4. The van der Waals surface area contributed by atoms with E-state index in [9.17, 15) is 19.2 Å². The van der Waals surface area contributed by atoms with Crippen LogP contribution in [-0.2, 0) is 9.53 Å². The van der Waals surface area contributed by atoms with E-state index in [1.54, 1.807) is 13.0 Å². The number of aryl methyl sites for hydroxylation is 2. The Labute approximate surface area is 181 Å². The largest absolute Gasteiger partial charge is 0.449 e. The van der Waals surface area contributed by atoms with Crippen molar-refractivity contribution in [3.63, 3.8) is 0 Å². The number of ether oxygens (including phenoxy) is 1. The summed E-state index contributed by atoms with van der Waals surface area (Å²) in [7, 11) is 0. The second-order valence-corrected chi connectivity index (χ2v) is 7.85. The number of esters is 1. The average Bonchev–Trinajstić information content (AvgIpc) is 2.99. The molecule has 1 N–H and O–H groups in total. The minimum Gasteiger partial charge on any atom is -0.449 e. The highest BCUT2D eigenvalue weighted by atomic mass is 16.5. The molecule has 31 heavy (non-hydrogen) atoms. The molecule has 0 saturated carbocycles. The first-order valence-corrected chi connectivity index (χ1v) is 10.2. The Bertz CT molecular complexity index is 1080. The average molecular weight is 422 g/mol. The van der Waals surface area contributed by atoms with Crippen LogP contribution in [0.15, 0.2) is 36.4 Å². The van der Waals surface area contributed by atoms with E-state index in [1.807, 2.05) is 32.9 Å². The zero-order valence-corrected chi connectivity index (χ0v) is 18.3. The zero-order chi connectivity index (χ0) is 22.9. The van der Waals surface area contributed by atoms with Crippen LogP contribution in [-0.4, -0.2) is 40.7 Å². The summed E-state index contributed by atoms with van der Waals surface area (Å²) in [6.07, 6.45) is -0.414. The van der Waals surface area contributed by atoms with E-state index < -0.39 is 23.9 Å². The van der Waals surface area contributed by atoms with E-state index in [-0.39, 0.29) is 28.6 Å². The van der Waals surface area contributed by atoms with Crippen LogP contribution in [0.25, 0.3) is 0 Å². The van der Waals surface area contributed by atoms with E-state index in [2.05, 4.69) is 5.32 Å². The van der Waals surface area contributed by atoms with Gasteiger partial charge in [-0.25, -0.2) is 4.79 Å². The van der Waals surface area contributed by atoms with E-state index in [0.717, 1.165) is 11.1 Å². The lowest BCUT2D eigenvalue weighted by Gasteiger charge is -2.20. The van der Waals surface area contributed by atoms with Gasteiger partial charge in [-0.2, -0.15) is 0 Å². The minimum atomic E-state index is -1.05. The lowest BCUT2D eigenvalue weighted by atomic mass is 10.1. The second kappa shape index (κ2) is 8.71. The summed E-state index contributed by atoms with van der Waals surface area (Å²) < 4.78 is 5.29. The maximum Gasteiger partial charge on any atom is 0.338 e. The Morgan fingerprint density at radius 2 is 1.68 bits per heavy atom. The molecule has 1 aliphatic rings. The molecule has 0 fully saturated rings. The number of imide groups is 1. The van der Waals surface area contributed by atoms with Gasteiger partial charge < -0.3 is 10.1 Å². The first-order valence-electron chi connectivity index (χ1n) is 10.2. The van der Waals surface area contributed by atoms with Crippen LogP contribution in [0.3, 0.4) is 0 Å². The van der Waals surface area contributed by atoms with Gasteiger partial charge in [-0.3, -0.25) is 19.3 Å². The zero-order valence-electron chi connectivity index (χ0n) is 18.3. The van der Waals surface area contributed by atoms with E-state index in [0.29, 0.717) is 12.1 Å². The molecular weight excluding hydrogens is 396 g/mol. The van der Waals surface area contributed by atoms with Crippen LogP contribution in [0.1, 0.15) is 69.4 Å². The molecule has 0 aromatic heterocycles. The van der Waals surface area contributed by atoms with Gasteiger partial charge in [0.2, 0.25) is 0 Å². The predicted octanol–water partition coefficient (Wildman–Crippen LogP) is 3.88. The van der Waals surface area contributed by atoms with Crippen LogP contribution in [0.4, 0.5) is 5.69 Å². The van der Waals surface area contributed by atoms with Crippen molar-refractivity contribution in [2.24, 2.45) is 0 Å². The lowest BCUT2D eigenvalue weighted by Crippen LogP contribution is -2.37. The number of hydrogen-bond acceptors (Lipinski definition) is 5. The van der Waals surface area contributed by atoms with Gasteiger partial charge in [0.05, 0.1) is 16.7 Å². The standard InChI is InChI=1S/C24H26N2O5/c1-6-15(4)26-22(28)18-9-8-17(12-19(18)23(26)29)24(30)31-16(5)21(27)25-20-10-7-13(2)11-14(20)3/h7-12,15-16H,6H2,1-5H3,(H,25,27)/t15-,16-/m1/s1. The number of benzene rings is 2. The molecule has 7 heteroatoms. The molecule has 2 atom stereocenters. The first kappa shape index (κ1) is 22.2. The lowest BCUT2D eigenvalue weighted by molar-refractivity contribution is -0.123. The maximum atomic E-state index is 12.7. The fraction of sp³-hybridized carbons (Fsp3) is 0.333. The van der Waals surface area contributed by atoms with Gasteiger partial charge >= 0.3 is 5.97 Å². The maximum absolute atomic E-state index is 12.7. The highest BCUT2D eigenvalue weighted by molar-refractivity contribution is 6.22. The monoisotopic (exact) mass is 422 g/mol. The van der Waals surface area contributed by atoms with Gasteiger partial charge in [-0.1, -0.05) is 24.6 Å². The first-order chi connectivity index (χ1) is 14.6. The molecule has 3 amide bonds. The van der Waals surface area contributed by atoms with Gasteiger partial charge in [0.15, 0.2) is 6.10 Å². The molecule has 0 radical (unpaired) electrons. The van der Waals surface area contributed by atoms with Crippen LogP contribution < -0.4 is 5.32 Å². The Morgan fingerprint density at radius 3 is 2.32 bits per heavy atom. The molecular formula is C24H26N2O5. The van der Waals surface area contributed by atoms with Crippen LogP contribution in [0, 0.1) is 13.8 Å². The number of carbonyl (C=O) groups is 4. The van der Waals surface area contributed by atoms with E-state index in [1.165, 1.54) is 30.0 Å². The number of anilines is 1. The number of rotatable bonds is 6. The molecule has 0 unspecified atom stereocenters. The van der Waals surface area contributed by atoms with Crippen LogP contribution >= 0.6 is 0 Å². The van der Waals surface area contributed by atoms with Crippen molar-refractivity contribution >= 4 is 29.4 Å². The van der Waals surface area contributed by atoms with Crippen molar-refractivity contribution in [3.05, 3.63) is 64.2 Å². The van der Waals surface area contributed by atoms with Crippen molar-refractivity contribution < 1.29 is 23.9 Å².